The number of hydrogen-bond acceptors (Lipinski definition) is 5. The highest BCUT2D eigenvalue weighted by molar-refractivity contribution is 7.09. The minimum absolute atomic E-state index is 0.149. The molecule has 0 aliphatic carbocycles. The van der Waals surface area contributed by atoms with Crippen LogP contribution < -0.4 is 5.32 Å². The Morgan fingerprint density at radius 1 is 1.37 bits per heavy atom. The number of aromatic amines is 1. The van der Waals surface area contributed by atoms with Crippen LogP contribution >= 0.6 is 11.3 Å². The van der Waals surface area contributed by atoms with Gasteiger partial charge < -0.3 is 19.6 Å². The van der Waals surface area contributed by atoms with Crippen molar-refractivity contribution in [2.75, 3.05) is 6.54 Å². The number of rotatable bonds is 3. The Morgan fingerprint density at radius 2 is 2.30 bits per heavy atom. The first kappa shape index (κ1) is 16.1. The highest BCUT2D eigenvalue weighted by Gasteiger charge is 2.36. The maximum absolute atomic E-state index is 12.9. The van der Waals surface area contributed by atoms with Crippen LogP contribution in [-0.4, -0.2) is 32.4 Å². The molecule has 4 heterocycles. The Kier molecular flexibility index (Phi) is 3.90. The topological polar surface area (TPSA) is 87.0 Å². The highest BCUT2D eigenvalue weighted by atomic mass is 32.1. The lowest BCUT2D eigenvalue weighted by Gasteiger charge is -2.33. The maximum atomic E-state index is 12.9. The molecule has 1 atom stereocenters. The van der Waals surface area contributed by atoms with Gasteiger partial charge in [-0.05, 0) is 12.1 Å². The van der Waals surface area contributed by atoms with Crippen LogP contribution in [0.1, 0.15) is 28.2 Å². The van der Waals surface area contributed by atoms with Gasteiger partial charge in [0.15, 0.2) is 0 Å². The zero-order valence-electron chi connectivity index (χ0n) is 14.4. The van der Waals surface area contributed by atoms with Crippen molar-refractivity contribution >= 4 is 28.3 Å². The molecule has 2 N–H and O–H groups in total. The van der Waals surface area contributed by atoms with Gasteiger partial charge in [0.05, 0.1) is 18.6 Å². The van der Waals surface area contributed by atoms with Crippen molar-refractivity contribution in [3.05, 3.63) is 70.4 Å². The summed E-state index contributed by atoms with van der Waals surface area (Å²) in [5.74, 6) is 0.716. The number of furan rings is 1. The molecule has 4 aromatic rings. The second kappa shape index (κ2) is 6.55. The lowest BCUT2D eigenvalue weighted by atomic mass is 10.0. The summed E-state index contributed by atoms with van der Waals surface area (Å²) < 4.78 is 6.08. The van der Waals surface area contributed by atoms with Crippen LogP contribution in [0.5, 0.6) is 0 Å². The number of urea groups is 1. The van der Waals surface area contributed by atoms with Crippen molar-refractivity contribution in [2.24, 2.45) is 0 Å². The Morgan fingerprint density at radius 3 is 3.15 bits per heavy atom. The molecule has 5 rings (SSSR count). The lowest BCUT2D eigenvalue weighted by Crippen LogP contribution is -2.45. The van der Waals surface area contributed by atoms with Gasteiger partial charge in [-0.15, -0.1) is 11.3 Å². The molecule has 7 nitrogen and oxygen atoms in total. The zero-order chi connectivity index (χ0) is 18.2. The molecule has 1 aliphatic rings. The molecule has 0 spiro atoms. The third kappa shape index (κ3) is 2.87. The molecule has 8 heteroatoms. The number of nitrogens with zero attached hydrogens (tertiary/aromatic N) is 3. The number of para-hydroxylation sites is 1. The first-order chi connectivity index (χ1) is 13.3. The molecule has 27 heavy (non-hydrogen) atoms. The van der Waals surface area contributed by atoms with Crippen molar-refractivity contribution in [2.45, 2.75) is 19.0 Å². The van der Waals surface area contributed by atoms with Crippen molar-refractivity contribution < 1.29 is 9.21 Å². The van der Waals surface area contributed by atoms with Gasteiger partial charge in [-0.1, -0.05) is 18.2 Å². The molecule has 0 radical (unpaired) electrons. The number of hydrogen-bond donors (Lipinski definition) is 2. The van der Waals surface area contributed by atoms with E-state index in [0.29, 0.717) is 18.8 Å². The summed E-state index contributed by atoms with van der Waals surface area (Å²) in [6.45, 7) is 0.994. The fraction of sp³-hybridized carbons (Fsp3) is 0.211. The van der Waals surface area contributed by atoms with E-state index >= 15 is 0 Å². The van der Waals surface area contributed by atoms with Crippen LogP contribution in [-0.2, 0) is 13.0 Å². The Hall–Kier alpha value is -3.13. The third-order valence-electron chi connectivity index (χ3n) is 4.77. The van der Waals surface area contributed by atoms with E-state index in [9.17, 15) is 4.79 Å². The van der Waals surface area contributed by atoms with Crippen molar-refractivity contribution in [3.8, 4) is 0 Å². The fourth-order valence-electron chi connectivity index (χ4n) is 3.51. The van der Waals surface area contributed by atoms with E-state index in [-0.39, 0.29) is 12.1 Å². The lowest BCUT2D eigenvalue weighted by molar-refractivity contribution is 0.171. The van der Waals surface area contributed by atoms with Crippen LogP contribution in [0.3, 0.4) is 0 Å². The monoisotopic (exact) mass is 379 g/mol. The first-order valence-electron chi connectivity index (χ1n) is 8.73. The summed E-state index contributed by atoms with van der Waals surface area (Å²) in [5, 5.41) is 6.75. The van der Waals surface area contributed by atoms with Crippen molar-refractivity contribution in [1.82, 2.24) is 25.2 Å². The molecule has 136 valence electrons. The first-order valence-corrected chi connectivity index (χ1v) is 9.61. The predicted molar refractivity (Wildman–Crippen MR) is 101 cm³/mol. The van der Waals surface area contributed by atoms with E-state index in [1.807, 2.05) is 35.7 Å². The second-order valence-electron chi connectivity index (χ2n) is 6.38. The van der Waals surface area contributed by atoms with E-state index < -0.39 is 0 Å². The summed E-state index contributed by atoms with van der Waals surface area (Å²) >= 11 is 1.52. The number of benzene rings is 1. The average Bonchev–Trinajstić information content (AvgIpc) is 3.45. The molecule has 2 amide bonds. The van der Waals surface area contributed by atoms with E-state index in [4.69, 9.17) is 4.42 Å². The van der Waals surface area contributed by atoms with Gasteiger partial charge in [0, 0.05) is 35.6 Å². The van der Waals surface area contributed by atoms with Crippen LogP contribution in [0.2, 0.25) is 0 Å². The number of H-pyrrole nitrogens is 1. The molecular weight excluding hydrogens is 362 g/mol. The minimum Gasteiger partial charge on any atom is -0.458 e. The normalized spacial score (nSPS) is 16.4. The Balaban J connectivity index is 1.49. The SMILES string of the molecule is O=C(NCc1nccs1)N1CCc2[nH]cnc2[C@@H]1c1cc2ccccc2o1. The summed E-state index contributed by atoms with van der Waals surface area (Å²) in [6, 6.07) is 9.33. The molecule has 0 saturated heterocycles. The number of thiazole rings is 1. The largest absolute Gasteiger partial charge is 0.458 e. The summed E-state index contributed by atoms with van der Waals surface area (Å²) in [7, 11) is 0. The molecule has 0 unspecified atom stereocenters. The average molecular weight is 379 g/mol. The summed E-state index contributed by atoms with van der Waals surface area (Å²) in [4.78, 5) is 26.6. The van der Waals surface area contributed by atoms with Crippen LogP contribution in [0, 0.1) is 0 Å². The Labute approximate surface area is 159 Å². The van der Waals surface area contributed by atoms with Gasteiger partial charge in [-0.2, -0.15) is 0 Å². The minimum atomic E-state index is -0.358. The molecule has 0 fully saturated rings. The van der Waals surface area contributed by atoms with E-state index in [0.717, 1.165) is 33.8 Å². The highest BCUT2D eigenvalue weighted by Crippen LogP contribution is 2.36. The third-order valence-corrected chi connectivity index (χ3v) is 5.55. The molecular formula is C19H17N5O2S. The summed E-state index contributed by atoms with van der Waals surface area (Å²) in [6.07, 6.45) is 4.15. The predicted octanol–water partition coefficient (Wildman–Crippen LogP) is 3.47. The quantitative estimate of drug-likeness (QED) is 0.571. The Bertz CT molecular complexity index is 1050. The van der Waals surface area contributed by atoms with Gasteiger partial charge in [-0.25, -0.2) is 14.8 Å². The molecule has 0 saturated carbocycles. The standard InChI is InChI=1S/C19H17N5O2S/c25-19(21-10-16-20-6-8-27-16)24-7-5-13-17(23-11-22-13)18(24)15-9-12-3-1-2-4-14(12)26-15/h1-4,6,8-9,11,18H,5,7,10H2,(H,21,25)(H,22,23)/t18-/m0/s1. The van der Waals surface area contributed by atoms with E-state index in [1.54, 1.807) is 17.4 Å². The van der Waals surface area contributed by atoms with Gasteiger partial charge >= 0.3 is 6.03 Å². The molecule has 1 aliphatic heterocycles. The molecule has 3 aromatic heterocycles. The van der Waals surface area contributed by atoms with Crippen molar-refractivity contribution in [1.29, 1.82) is 0 Å². The van der Waals surface area contributed by atoms with Gasteiger partial charge in [-0.3, -0.25) is 0 Å². The van der Waals surface area contributed by atoms with Crippen LogP contribution in [0.25, 0.3) is 11.0 Å². The maximum Gasteiger partial charge on any atom is 0.318 e. The number of amides is 2. The van der Waals surface area contributed by atoms with Crippen LogP contribution in [0.4, 0.5) is 4.79 Å². The number of aromatic nitrogens is 3. The van der Waals surface area contributed by atoms with E-state index in [2.05, 4.69) is 20.3 Å². The van der Waals surface area contributed by atoms with Gasteiger partial charge in [0.25, 0.3) is 0 Å². The second-order valence-corrected chi connectivity index (χ2v) is 7.36. The number of carbonyl (C=O) groups is 1. The zero-order valence-corrected chi connectivity index (χ0v) is 15.2. The van der Waals surface area contributed by atoms with Gasteiger partial charge in [0.2, 0.25) is 0 Å². The number of imidazole rings is 1. The molecule has 0 bridgehead atoms. The van der Waals surface area contributed by atoms with Crippen molar-refractivity contribution in [3.63, 3.8) is 0 Å². The smallest absolute Gasteiger partial charge is 0.318 e. The summed E-state index contributed by atoms with van der Waals surface area (Å²) in [5.41, 5.74) is 2.69. The van der Waals surface area contributed by atoms with E-state index in [1.165, 1.54) is 11.3 Å². The number of fused-ring (bicyclic) bond motifs is 2. The fourth-order valence-corrected chi connectivity index (χ4v) is 4.07. The number of nitrogens with one attached hydrogen (secondary N) is 2. The number of carbonyl (C=O) groups excluding carboxylic acids is 1. The van der Waals surface area contributed by atoms with Gasteiger partial charge in [0.1, 0.15) is 22.4 Å². The molecule has 1 aromatic carbocycles. The van der Waals surface area contributed by atoms with Crippen LogP contribution in [0.15, 0.2) is 52.7 Å².